The Kier molecular flexibility index (Phi) is 3.68. The van der Waals surface area contributed by atoms with Crippen molar-refractivity contribution in [3.05, 3.63) is 29.3 Å². The Morgan fingerprint density at radius 3 is 2.55 bits per heavy atom. The van der Waals surface area contributed by atoms with Gasteiger partial charge in [-0.25, -0.2) is 0 Å². The van der Waals surface area contributed by atoms with Gasteiger partial charge >= 0.3 is 0 Å². The lowest BCUT2D eigenvalue weighted by atomic mass is 9.95. The number of aryl methyl sites for hydroxylation is 2. The van der Waals surface area contributed by atoms with Gasteiger partial charge in [-0.15, -0.1) is 0 Å². The molecule has 3 nitrogen and oxygen atoms in total. The fourth-order valence-electron chi connectivity index (χ4n) is 3.84. The summed E-state index contributed by atoms with van der Waals surface area (Å²) < 4.78 is 5.61. The average Bonchev–Trinajstić information content (AvgIpc) is 2.97. The zero-order chi connectivity index (χ0) is 14.1. The lowest BCUT2D eigenvalue weighted by Crippen LogP contribution is -2.40. The average molecular weight is 273 g/mol. The molecule has 20 heavy (non-hydrogen) atoms. The first-order valence-electron chi connectivity index (χ1n) is 7.60. The lowest BCUT2D eigenvalue weighted by Gasteiger charge is -2.22. The number of amides is 1. The van der Waals surface area contributed by atoms with Crippen LogP contribution in [-0.4, -0.2) is 18.6 Å². The molecule has 2 fully saturated rings. The molecule has 2 aliphatic rings. The van der Waals surface area contributed by atoms with Crippen LogP contribution in [0.2, 0.25) is 0 Å². The normalized spacial score (nSPS) is 27.6. The van der Waals surface area contributed by atoms with E-state index >= 15 is 0 Å². The Labute approximate surface area is 120 Å². The molecule has 1 aromatic carbocycles. The summed E-state index contributed by atoms with van der Waals surface area (Å²) in [5.41, 5.74) is 2.32. The van der Waals surface area contributed by atoms with E-state index in [0.29, 0.717) is 12.0 Å². The summed E-state index contributed by atoms with van der Waals surface area (Å²) in [6.07, 6.45) is 5.12. The number of benzene rings is 1. The summed E-state index contributed by atoms with van der Waals surface area (Å²) in [6.45, 7) is 4.20. The smallest absolute Gasteiger partial charge is 0.258 e. The van der Waals surface area contributed by atoms with Gasteiger partial charge in [0, 0.05) is 6.04 Å². The van der Waals surface area contributed by atoms with Crippen LogP contribution in [0.4, 0.5) is 0 Å². The Morgan fingerprint density at radius 2 is 1.95 bits per heavy atom. The van der Waals surface area contributed by atoms with Crippen LogP contribution in [-0.2, 0) is 4.79 Å². The third-order valence-electron chi connectivity index (χ3n) is 4.65. The van der Waals surface area contributed by atoms with E-state index in [1.165, 1.54) is 25.7 Å². The van der Waals surface area contributed by atoms with Gasteiger partial charge in [0.05, 0.1) is 0 Å². The maximum Gasteiger partial charge on any atom is 0.258 e. The van der Waals surface area contributed by atoms with Gasteiger partial charge in [0.1, 0.15) is 5.75 Å². The van der Waals surface area contributed by atoms with Crippen molar-refractivity contribution in [2.45, 2.75) is 45.6 Å². The fourth-order valence-corrected chi connectivity index (χ4v) is 3.84. The number of rotatable bonds is 4. The van der Waals surface area contributed by atoms with Crippen molar-refractivity contribution in [2.24, 2.45) is 11.8 Å². The van der Waals surface area contributed by atoms with Gasteiger partial charge in [-0.2, -0.15) is 0 Å². The zero-order valence-corrected chi connectivity index (χ0v) is 12.3. The molecule has 0 unspecified atom stereocenters. The van der Waals surface area contributed by atoms with Crippen LogP contribution in [0.5, 0.6) is 5.75 Å². The van der Waals surface area contributed by atoms with E-state index in [4.69, 9.17) is 4.74 Å². The van der Waals surface area contributed by atoms with Crippen LogP contribution >= 0.6 is 0 Å². The highest BCUT2D eigenvalue weighted by atomic mass is 16.5. The first-order chi connectivity index (χ1) is 9.60. The molecule has 3 atom stereocenters. The molecule has 0 heterocycles. The highest BCUT2D eigenvalue weighted by Gasteiger charge is 2.40. The summed E-state index contributed by atoms with van der Waals surface area (Å²) in [6, 6.07) is 6.43. The number of carbonyl (C=O) groups is 1. The maximum absolute atomic E-state index is 12.0. The second-order valence-electron chi connectivity index (χ2n) is 6.46. The first kappa shape index (κ1) is 13.5. The molecule has 1 N–H and O–H groups in total. The van der Waals surface area contributed by atoms with Crippen LogP contribution in [0.3, 0.4) is 0 Å². The molecule has 0 radical (unpaired) electrons. The van der Waals surface area contributed by atoms with E-state index in [1.807, 2.05) is 26.0 Å². The quantitative estimate of drug-likeness (QED) is 0.916. The highest BCUT2D eigenvalue weighted by Crippen LogP contribution is 2.44. The van der Waals surface area contributed by atoms with Crippen molar-refractivity contribution in [3.63, 3.8) is 0 Å². The maximum atomic E-state index is 12.0. The van der Waals surface area contributed by atoms with Crippen molar-refractivity contribution in [1.29, 1.82) is 0 Å². The molecule has 1 amide bonds. The van der Waals surface area contributed by atoms with Crippen molar-refractivity contribution < 1.29 is 9.53 Å². The number of ether oxygens (including phenoxy) is 1. The van der Waals surface area contributed by atoms with Gasteiger partial charge < -0.3 is 10.1 Å². The predicted octanol–water partition coefficient (Wildman–Crippen LogP) is 2.99. The minimum Gasteiger partial charge on any atom is -0.484 e. The highest BCUT2D eigenvalue weighted by molar-refractivity contribution is 5.78. The topological polar surface area (TPSA) is 38.3 Å². The number of hydrogen-bond acceptors (Lipinski definition) is 2. The Balaban J connectivity index is 1.49. The van der Waals surface area contributed by atoms with E-state index in [1.54, 1.807) is 0 Å². The summed E-state index contributed by atoms with van der Waals surface area (Å²) in [5, 5.41) is 3.15. The predicted molar refractivity (Wildman–Crippen MR) is 78.8 cm³/mol. The second-order valence-corrected chi connectivity index (χ2v) is 6.46. The fraction of sp³-hybridized carbons (Fsp3) is 0.588. The largest absolute Gasteiger partial charge is 0.484 e. The molecular weight excluding hydrogens is 250 g/mol. The van der Waals surface area contributed by atoms with E-state index in [-0.39, 0.29) is 12.5 Å². The van der Waals surface area contributed by atoms with Gasteiger partial charge in [-0.1, -0.05) is 12.5 Å². The minimum absolute atomic E-state index is 0.0155. The number of carbonyl (C=O) groups excluding carboxylic acids is 1. The van der Waals surface area contributed by atoms with Gasteiger partial charge in [-0.05, 0) is 68.2 Å². The summed E-state index contributed by atoms with van der Waals surface area (Å²) in [7, 11) is 0. The van der Waals surface area contributed by atoms with Crippen LogP contribution in [0, 0.1) is 25.7 Å². The van der Waals surface area contributed by atoms with Crippen molar-refractivity contribution in [3.8, 4) is 5.75 Å². The third-order valence-corrected chi connectivity index (χ3v) is 4.65. The van der Waals surface area contributed by atoms with Gasteiger partial charge in [0.2, 0.25) is 0 Å². The molecule has 108 valence electrons. The third kappa shape index (κ3) is 2.97. The molecule has 0 spiro atoms. The molecule has 3 rings (SSSR count). The van der Waals surface area contributed by atoms with Crippen molar-refractivity contribution in [2.75, 3.05) is 6.61 Å². The summed E-state index contributed by atoms with van der Waals surface area (Å²) in [4.78, 5) is 12.0. The Morgan fingerprint density at radius 1 is 1.20 bits per heavy atom. The van der Waals surface area contributed by atoms with Crippen LogP contribution in [0.25, 0.3) is 0 Å². The standard InChI is InChI=1S/C17H23NO2/c1-11-5-12(2)7-15(6-11)20-10-17(19)18-16-9-13-3-4-14(16)8-13/h5-7,13-14,16H,3-4,8-10H2,1-2H3,(H,18,19)/t13-,14-,16-/m1/s1. The Hall–Kier alpha value is -1.51. The molecule has 0 aliphatic heterocycles. The van der Waals surface area contributed by atoms with Crippen LogP contribution < -0.4 is 10.1 Å². The molecule has 2 saturated carbocycles. The molecule has 0 aromatic heterocycles. The monoisotopic (exact) mass is 273 g/mol. The van der Waals surface area contributed by atoms with Crippen molar-refractivity contribution >= 4 is 5.91 Å². The van der Waals surface area contributed by atoms with Gasteiger partial charge in [0.15, 0.2) is 6.61 Å². The molecular formula is C17H23NO2. The van der Waals surface area contributed by atoms with E-state index < -0.39 is 0 Å². The SMILES string of the molecule is Cc1cc(C)cc(OCC(=O)N[C@@H]2C[C@@H]3CC[C@@H]2C3)c1. The van der Waals surface area contributed by atoms with Crippen LogP contribution in [0.1, 0.15) is 36.8 Å². The van der Waals surface area contributed by atoms with E-state index in [2.05, 4.69) is 11.4 Å². The molecule has 3 heteroatoms. The number of hydrogen-bond donors (Lipinski definition) is 1. The first-order valence-corrected chi connectivity index (χ1v) is 7.60. The van der Waals surface area contributed by atoms with E-state index in [9.17, 15) is 4.79 Å². The molecule has 2 aliphatic carbocycles. The number of nitrogens with one attached hydrogen (secondary N) is 1. The lowest BCUT2D eigenvalue weighted by molar-refractivity contribution is -0.124. The van der Waals surface area contributed by atoms with Crippen molar-refractivity contribution in [1.82, 2.24) is 5.32 Å². The minimum atomic E-state index is 0.0155. The second kappa shape index (κ2) is 5.47. The Bertz CT molecular complexity index is 491. The molecule has 2 bridgehead atoms. The van der Waals surface area contributed by atoms with Gasteiger partial charge in [-0.3, -0.25) is 4.79 Å². The van der Waals surface area contributed by atoms with Gasteiger partial charge in [0.25, 0.3) is 5.91 Å². The molecule has 0 saturated heterocycles. The summed E-state index contributed by atoms with van der Waals surface area (Å²) in [5.74, 6) is 2.36. The van der Waals surface area contributed by atoms with E-state index in [0.717, 1.165) is 22.8 Å². The molecule has 1 aromatic rings. The van der Waals surface area contributed by atoms with Crippen LogP contribution in [0.15, 0.2) is 18.2 Å². The zero-order valence-electron chi connectivity index (χ0n) is 12.3. The number of fused-ring (bicyclic) bond motifs is 2. The summed E-state index contributed by atoms with van der Waals surface area (Å²) >= 11 is 0.